The van der Waals surface area contributed by atoms with Gasteiger partial charge in [-0.1, -0.05) is 6.07 Å². The Labute approximate surface area is 143 Å². The third-order valence-electron chi connectivity index (χ3n) is 5.59. The molecule has 1 atom stereocenters. The van der Waals surface area contributed by atoms with E-state index in [9.17, 15) is 0 Å². The molecule has 0 amide bonds. The van der Waals surface area contributed by atoms with E-state index in [1.165, 1.54) is 6.42 Å². The van der Waals surface area contributed by atoms with Crippen LogP contribution in [0.5, 0.6) is 0 Å². The van der Waals surface area contributed by atoms with Crippen molar-refractivity contribution in [3.63, 3.8) is 0 Å². The molecule has 3 heterocycles. The van der Waals surface area contributed by atoms with Crippen molar-refractivity contribution in [2.45, 2.75) is 64.4 Å². The summed E-state index contributed by atoms with van der Waals surface area (Å²) in [5.74, 6) is 0. The van der Waals surface area contributed by atoms with Crippen molar-refractivity contribution in [2.75, 3.05) is 6.61 Å². The average Bonchev–Trinajstić information content (AvgIpc) is 3.06. The number of hydrogen-bond donors (Lipinski definition) is 0. The fourth-order valence-electron chi connectivity index (χ4n) is 3.35. The third-order valence-corrected chi connectivity index (χ3v) is 5.59. The molecule has 4 rings (SSSR count). The highest BCUT2D eigenvalue weighted by Crippen LogP contribution is 2.36. The molecule has 0 aliphatic carbocycles. The van der Waals surface area contributed by atoms with E-state index in [1.807, 2.05) is 6.33 Å². The highest BCUT2D eigenvalue weighted by atomic mass is 16.7. The van der Waals surface area contributed by atoms with Gasteiger partial charge in [0, 0.05) is 6.61 Å². The summed E-state index contributed by atoms with van der Waals surface area (Å²) >= 11 is 0. The maximum Gasteiger partial charge on any atom is 0.494 e. The minimum absolute atomic E-state index is 0.103. The molecule has 0 radical (unpaired) electrons. The highest BCUT2D eigenvalue weighted by Gasteiger charge is 2.51. The first-order valence-corrected chi connectivity index (χ1v) is 8.81. The van der Waals surface area contributed by atoms with Crippen molar-refractivity contribution in [1.29, 1.82) is 0 Å². The molecular formula is C18H25BN2O3. The van der Waals surface area contributed by atoms with Crippen LogP contribution in [0.2, 0.25) is 0 Å². The van der Waals surface area contributed by atoms with Crippen LogP contribution >= 0.6 is 0 Å². The van der Waals surface area contributed by atoms with E-state index >= 15 is 0 Å². The Morgan fingerprint density at radius 2 is 1.88 bits per heavy atom. The number of imidazole rings is 1. The van der Waals surface area contributed by atoms with Crippen LogP contribution in [0, 0.1) is 0 Å². The lowest BCUT2D eigenvalue weighted by Gasteiger charge is -2.32. The van der Waals surface area contributed by atoms with Crippen LogP contribution in [-0.2, 0) is 14.0 Å². The summed E-state index contributed by atoms with van der Waals surface area (Å²) < 4.78 is 20.3. The van der Waals surface area contributed by atoms with Gasteiger partial charge in [-0.2, -0.15) is 0 Å². The quantitative estimate of drug-likeness (QED) is 0.795. The molecule has 128 valence electrons. The molecular weight excluding hydrogens is 303 g/mol. The molecule has 24 heavy (non-hydrogen) atoms. The van der Waals surface area contributed by atoms with Crippen molar-refractivity contribution < 1.29 is 14.0 Å². The second kappa shape index (κ2) is 5.58. The Hall–Kier alpha value is -1.37. The van der Waals surface area contributed by atoms with E-state index in [4.69, 9.17) is 14.0 Å². The van der Waals surface area contributed by atoms with Crippen molar-refractivity contribution in [3.05, 3.63) is 24.5 Å². The lowest BCUT2D eigenvalue weighted by Crippen LogP contribution is -2.41. The van der Waals surface area contributed by atoms with Crippen molar-refractivity contribution in [1.82, 2.24) is 9.55 Å². The molecule has 0 bridgehead atoms. The molecule has 0 saturated carbocycles. The number of ether oxygens (including phenoxy) is 1. The molecule has 2 aromatic rings. The Balaban J connectivity index is 1.63. The molecule has 5 nitrogen and oxygen atoms in total. The molecule has 1 aromatic heterocycles. The molecule has 0 spiro atoms. The smallest absolute Gasteiger partial charge is 0.399 e. The Kier molecular flexibility index (Phi) is 3.75. The van der Waals surface area contributed by atoms with Crippen molar-refractivity contribution >= 4 is 23.6 Å². The summed E-state index contributed by atoms with van der Waals surface area (Å²) in [7, 11) is -0.351. The fourth-order valence-corrected chi connectivity index (χ4v) is 3.35. The predicted octanol–water partition coefficient (Wildman–Crippen LogP) is 3.03. The van der Waals surface area contributed by atoms with Gasteiger partial charge in [-0.15, -0.1) is 0 Å². The van der Waals surface area contributed by atoms with E-state index < -0.39 is 0 Å². The van der Waals surface area contributed by atoms with Gasteiger partial charge in [0.05, 0.1) is 28.6 Å². The first-order valence-electron chi connectivity index (χ1n) is 8.81. The second-order valence-electron chi connectivity index (χ2n) is 7.81. The molecule has 1 unspecified atom stereocenters. The van der Waals surface area contributed by atoms with Crippen LogP contribution in [-0.4, -0.2) is 34.5 Å². The zero-order valence-electron chi connectivity index (χ0n) is 14.9. The van der Waals surface area contributed by atoms with Gasteiger partial charge >= 0.3 is 7.12 Å². The van der Waals surface area contributed by atoms with Crippen LogP contribution in [0.4, 0.5) is 0 Å². The number of benzene rings is 1. The summed E-state index contributed by atoms with van der Waals surface area (Å²) in [6, 6.07) is 6.24. The van der Waals surface area contributed by atoms with Gasteiger partial charge in [0.2, 0.25) is 0 Å². The lowest BCUT2D eigenvalue weighted by atomic mass is 9.79. The van der Waals surface area contributed by atoms with Crippen molar-refractivity contribution in [2.24, 2.45) is 0 Å². The van der Waals surface area contributed by atoms with Crippen LogP contribution in [0.1, 0.15) is 53.2 Å². The maximum absolute atomic E-state index is 6.14. The van der Waals surface area contributed by atoms with E-state index in [2.05, 4.69) is 55.4 Å². The molecule has 2 fully saturated rings. The van der Waals surface area contributed by atoms with Crippen LogP contribution in [0.15, 0.2) is 24.5 Å². The highest BCUT2D eigenvalue weighted by molar-refractivity contribution is 6.62. The van der Waals surface area contributed by atoms with Gasteiger partial charge < -0.3 is 18.6 Å². The van der Waals surface area contributed by atoms with Gasteiger partial charge in [0.15, 0.2) is 0 Å². The van der Waals surface area contributed by atoms with Gasteiger partial charge in [-0.05, 0) is 64.6 Å². The van der Waals surface area contributed by atoms with E-state index in [-0.39, 0.29) is 24.5 Å². The fraction of sp³-hybridized carbons (Fsp3) is 0.611. The first-order chi connectivity index (χ1) is 11.4. The molecule has 6 heteroatoms. The molecule has 2 aliphatic heterocycles. The number of hydrogen-bond acceptors (Lipinski definition) is 4. The Morgan fingerprint density at radius 3 is 2.54 bits per heavy atom. The Bertz CT molecular complexity index is 734. The van der Waals surface area contributed by atoms with Gasteiger partial charge in [-0.25, -0.2) is 4.98 Å². The molecule has 2 aliphatic rings. The average molecular weight is 328 g/mol. The van der Waals surface area contributed by atoms with E-state index in [0.717, 1.165) is 35.9 Å². The summed E-state index contributed by atoms with van der Waals surface area (Å²) in [5, 5.41) is 0. The SMILES string of the molecule is CC1(C)OB(c2ccc3c(c2)ncn3C2CCCCO2)OC1(C)C. The molecule has 1 aromatic carbocycles. The van der Waals surface area contributed by atoms with Gasteiger partial charge in [0.25, 0.3) is 0 Å². The summed E-state index contributed by atoms with van der Waals surface area (Å²) in [4.78, 5) is 4.57. The number of aromatic nitrogens is 2. The maximum atomic E-state index is 6.14. The zero-order chi connectivity index (χ0) is 16.9. The zero-order valence-corrected chi connectivity index (χ0v) is 14.9. The molecule has 0 N–H and O–H groups in total. The van der Waals surface area contributed by atoms with Crippen LogP contribution < -0.4 is 5.46 Å². The topological polar surface area (TPSA) is 45.5 Å². The van der Waals surface area contributed by atoms with Gasteiger partial charge in [-0.3, -0.25) is 0 Å². The van der Waals surface area contributed by atoms with Crippen molar-refractivity contribution in [3.8, 4) is 0 Å². The lowest BCUT2D eigenvalue weighted by molar-refractivity contribution is -0.0295. The summed E-state index contributed by atoms with van der Waals surface area (Å²) in [6.07, 6.45) is 5.39. The monoisotopic (exact) mass is 328 g/mol. The normalized spacial score (nSPS) is 26.2. The summed E-state index contributed by atoms with van der Waals surface area (Å²) in [5.41, 5.74) is 2.40. The minimum atomic E-state index is -0.351. The largest absolute Gasteiger partial charge is 0.494 e. The summed E-state index contributed by atoms with van der Waals surface area (Å²) in [6.45, 7) is 9.11. The standard InChI is InChI=1S/C18H25BN2O3/c1-17(2)18(3,4)24-19(23-17)13-8-9-15-14(11-13)20-12-21(15)16-7-5-6-10-22-16/h8-9,11-12,16H,5-7,10H2,1-4H3. The number of fused-ring (bicyclic) bond motifs is 1. The van der Waals surface area contributed by atoms with Crippen LogP contribution in [0.3, 0.4) is 0 Å². The first kappa shape index (κ1) is 16.1. The molecule has 2 saturated heterocycles. The van der Waals surface area contributed by atoms with E-state index in [1.54, 1.807) is 0 Å². The van der Waals surface area contributed by atoms with Gasteiger partial charge in [0.1, 0.15) is 6.23 Å². The number of nitrogens with zero attached hydrogens (tertiary/aromatic N) is 2. The Morgan fingerprint density at radius 1 is 1.12 bits per heavy atom. The second-order valence-corrected chi connectivity index (χ2v) is 7.81. The predicted molar refractivity (Wildman–Crippen MR) is 94.3 cm³/mol. The van der Waals surface area contributed by atoms with Crippen LogP contribution in [0.25, 0.3) is 11.0 Å². The third kappa shape index (κ3) is 2.57. The number of rotatable bonds is 2. The minimum Gasteiger partial charge on any atom is -0.399 e. The van der Waals surface area contributed by atoms with E-state index in [0.29, 0.717) is 0 Å².